The van der Waals surface area contributed by atoms with Gasteiger partial charge in [0, 0.05) is 12.6 Å². The van der Waals surface area contributed by atoms with Gasteiger partial charge < -0.3 is 9.88 Å². The molecule has 1 aliphatic heterocycles. The average Bonchev–Trinajstić information content (AvgIpc) is 2.77. The molecule has 0 bridgehead atoms. The molecular formula is C14H17N3. The Morgan fingerprint density at radius 2 is 2.06 bits per heavy atom. The van der Waals surface area contributed by atoms with Crippen molar-refractivity contribution in [3.05, 3.63) is 24.3 Å². The van der Waals surface area contributed by atoms with Crippen LogP contribution >= 0.6 is 0 Å². The Kier molecular flexibility index (Phi) is 1.95. The summed E-state index contributed by atoms with van der Waals surface area (Å²) in [7, 11) is 0. The van der Waals surface area contributed by atoms with E-state index in [1.54, 1.807) is 0 Å². The fourth-order valence-corrected chi connectivity index (χ4v) is 3.49. The molecule has 2 unspecified atom stereocenters. The number of hydrogen-bond acceptors (Lipinski definition) is 2. The van der Waals surface area contributed by atoms with Gasteiger partial charge in [0.15, 0.2) is 0 Å². The average molecular weight is 227 g/mol. The maximum Gasteiger partial charge on any atom is 0.204 e. The van der Waals surface area contributed by atoms with Gasteiger partial charge in [0.2, 0.25) is 5.95 Å². The quantitative estimate of drug-likeness (QED) is 0.749. The third-order valence-electron chi connectivity index (χ3n) is 4.32. The van der Waals surface area contributed by atoms with Crippen LogP contribution in [0.3, 0.4) is 0 Å². The molecule has 3 heteroatoms. The summed E-state index contributed by atoms with van der Waals surface area (Å²) in [5, 5.41) is 3.50. The lowest BCUT2D eigenvalue weighted by molar-refractivity contribution is 0.243. The van der Waals surface area contributed by atoms with Crippen molar-refractivity contribution in [3.8, 4) is 0 Å². The molecule has 0 amide bonds. The molecule has 0 spiro atoms. The summed E-state index contributed by atoms with van der Waals surface area (Å²) in [5.74, 6) is 1.88. The van der Waals surface area contributed by atoms with E-state index in [9.17, 15) is 0 Å². The number of hydrogen-bond donors (Lipinski definition) is 1. The Hall–Kier alpha value is -1.51. The summed E-state index contributed by atoms with van der Waals surface area (Å²) in [5.41, 5.74) is 2.42. The highest BCUT2D eigenvalue weighted by atomic mass is 15.3. The van der Waals surface area contributed by atoms with Crippen LogP contribution in [0, 0.1) is 5.92 Å². The zero-order valence-corrected chi connectivity index (χ0v) is 9.89. The van der Waals surface area contributed by atoms with E-state index < -0.39 is 0 Å². The number of imidazole rings is 1. The van der Waals surface area contributed by atoms with Crippen LogP contribution in [0.2, 0.25) is 0 Å². The predicted molar refractivity (Wildman–Crippen MR) is 69.2 cm³/mol. The Morgan fingerprint density at radius 3 is 3.06 bits per heavy atom. The fourth-order valence-electron chi connectivity index (χ4n) is 3.49. The molecular weight excluding hydrogens is 210 g/mol. The van der Waals surface area contributed by atoms with Crippen molar-refractivity contribution >= 4 is 17.0 Å². The minimum absolute atomic E-state index is 0.674. The summed E-state index contributed by atoms with van der Waals surface area (Å²) < 4.78 is 2.45. The van der Waals surface area contributed by atoms with Crippen molar-refractivity contribution in [3.63, 3.8) is 0 Å². The van der Waals surface area contributed by atoms with Crippen molar-refractivity contribution in [2.45, 2.75) is 31.7 Å². The zero-order valence-electron chi connectivity index (χ0n) is 9.89. The van der Waals surface area contributed by atoms with Gasteiger partial charge in [0.25, 0.3) is 0 Å². The monoisotopic (exact) mass is 227 g/mol. The Balaban J connectivity index is 1.92. The van der Waals surface area contributed by atoms with E-state index in [4.69, 9.17) is 4.98 Å². The van der Waals surface area contributed by atoms with Crippen molar-refractivity contribution in [2.75, 3.05) is 11.9 Å². The smallest absolute Gasteiger partial charge is 0.204 e. The van der Waals surface area contributed by atoms with Gasteiger partial charge in [-0.3, -0.25) is 0 Å². The zero-order chi connectivity index (χ0) is 11.2. The number of para-hydroxylation sites is 2. The molecule has 17 heavy (non-hydrogen) atoms. The molecule has 1 aromatic carbocycles. The van der Waals surface area contributed by atoms with Crippen molar-refractivity contribution in [2.24, 2.45) is 5.92 Å². The minimum atomic E-state index is 0.674. The summed E-state index contributed by atoms with van der Waals surface area (Å²) in [6, 6.07) is 9.17. The first kappa shape index (κ1) is 9.51. The lowest BCUT2D eigenvalue weighted by atomic mass is 9.83. The molecule has 1 aromatic heterocycles. The van der Waals surface area contributed by atoms with Gasteiger partial charge in [0.1, 0.15) is 0 Å². The lowest BCUT2D eigenvalue weighted by Gasteiger charge is -2.37. The molecule has 88 valence electrons. The molecule has 1 fully saturated rings. The third kappa shape index (κ3) is 1.31. The largest absolute Gasteiger partial charge is 0.355 e. The van der Waals surface area contributed by atoms with Crippen LogP contribution in [0.1, 0.15) is 31.7 Å². The first-order valence-electron chi connectivity index (χ1n) is 6.64. The molecule has 1 saturated carbocycles. The van der Waals surface area contributed by atoms with Crippen LogP contribution in [-0.2, 0) is 0 Å². The van der Waals surface area contributed by atoms with E-state index in [1.165, 1.54) is 31.2 Å². The fraction of sp³-hybridized carbons (Fsp3) is 0.500. The third-order valence-corrected chi connectivity index (χ3v) is 4.32. The van der Waals surface area contributed by atoms with E-state index in [2.05, 4.69) is 34.1 Å². The molecule has 1 N–H and O–H groups in total. The summed E-state index contributed by atoms with van der Waals surface area (Å²) >= 11 is 0. The molecule has 2 aromatic rings. The van der Waals surface area contributed by atoms with Crippen LogP contribution in [0.25, 0.3) is 11.0 Å². The highest BCUT2D eigenvalue weighted by Crippen LogP contribution is 2.40. The highest BCUT2D eigenvalue weighted by molar-refractivity contribution is 5.79. The number of aromatic nitrogens is 2. The van der Waals surface area contributed by atoms with Gasteiger partial charge in [-0.25, -0.2) is 4.98 Å². The first-order chi connectivity index (χ1) is 8.43. The molecule has 2 atom stereocenters. The van der Waals surface area contributed by atoms with E-state index in [0.29, 0.717) is 6.04 Å². The van der Waals surface area contributed by atoms with E-state index >= 15 is 0 Å². The number of anilines is 1. The maximum absolute atomic E-state index is 4.70. The summed E-state index contributed by atoms with van der Waals surface area (Å²) in [6.45, 7) is 1.11. The molecule has 0 saturated heterocycles. The molecule has 1 aliphatic carbocycles. The van der Waals surface area contributed by atoms with Gasteiger partial charge in [-0.05, 0) is 30.9 Å². The van der Waals surface area contributed by atoms with Crippen molar-refractivity contribution < 1.29 is 0 Å². The molecule has 4 rings (SSSR count). The Morgan fingerprint density at radius 1 is 1.18 bits per heavy atom. The SMILES string of the molecule is c1ccc2c(c1)nc1n2C2CCCCC2CN1. The highest BCUT2D eigenvalue weighted by Gasteiger charge is 2.32. The lowest BCUT2D eigenvalue weighted by Crippen LogP contribution is -2.34. The topological polar surface area (TPSA) is 29.9 Å². The summed E-state index contributed by atoms with van der Waals surface area (Å²) in [6.07, 6.45) is 5.45. The predicted octanol–water partition coefficient (Wildman–Crippen LogP) is 3.19. The van der Waals surface area contributed by atoms with Crippen LogP contribution in [0.15, 0.2) is 24.3 Å². The van der Waals surface area contributed by atoms with Gasteiger partial charge in [-0.2, -0.15) is 0 Å². The van der Waals surface area contributed by atoms with E-state index in [0.717, 1.165) is 23.9 Å². The second kappa shape index (κ2) is 3.49. The van der Waals surface area contributed by atoms with Crippen molar-refractivity contribution in [1.29, 1.82) is 0 Å². The number of rotatable bonds is 0. The number of fused-ring (bicyclic) bond motifs is 5. The Labute approximate surface area is 101 Å². The van der Waals surface area contributed by atoms with Crippen LogP contribution in [-0.4, -0.2) is 16.1 Å². The maximum atomic E-state index is 4.70. The second-order valence-corrected chi connectivity index (χ2v) is 5.29. The number of benzene rings is 1. The Bertz CT molecular complexity index is 558. The van der Waals surface area contributed by atoms with Gasteiger partial charge >= 0.3 is 0 Å². The number of nitrogens with one attached hydrogen (secondary N) is 1. The van der Waals surface area contributed by atoms with Crippen LogP contribution < -0.4 is 5.32 Å². The van der Waals surface area contributed by atoms with E-state index in [-0.39, 0.29) is 0 Å². The molecule has 3 nitrogen and oxygen atoms in total. The molecule has 2 heterocycles. The normalized spacial score (nSPS) is 27.3. The minimum Gasteiger partial charge on any atom is -0.355 e. The van der Waals surface area contributed by atoms with Crippen LogP contribution in [0.4, 0.5) is 5.95 Å². The molecule has 0 radical (unpaired) electrons. The molecule has 2 aliphatic rings. The standard InChI is InChI=1S/C14H17N3/c1-3-7-12-10(5-1)9-15-14-16-11-6-2-4-8-13(11)17(12)14/h2,4,6,8,10,12H,1,3,5,7,9H2,(H,15,16). The number of nitrogens with zero attached hydrogens (tertiary/aromatic N) is 2. The van der Waals surface area contributed by atoms with Gasteiger partial charge in [0.05, 0.1) is 11.0 Å². The van der Waals surface area contributed by atoms with Gasteiger partial charge in [-0.15, -0.1) is 0 Å². The van der Waals surface area contributed by atoms with Crippen LogP contribution in [0.5, 0.6) is 0 Å². The first-order valence-corrected chi connectivity index (χ1v) is 6.64. The second-order valence-electron chi connectivity index (χ2n) is 5.29. The van der Waals surface area contributed by atoms with Gasteiger partial charge in [-0.1, -0.05) is 25.0 Å². The van der Waals surface area contributed by atoms with E-state index in [1.807, 2.05) is 0 Å². The van der Waals surface area contributed by atoms with Crippen molar-refractivity contribution in [1.82, 2.24) is 9.55 Å². The summed E-state index contributed by atoms with van der Waals surface area (Å²) in [4.78, 5) is 4.70.